The van der Waals surface area contributed by atoms with E-state index in [0.29, 0.717) is 0 Å². The van der Waals surface area contributed by atoms with E-state index in [2.05, 4.69) is 22.1 Å². The Morgan fingerprint density at radius 2 is 2.31 bits per heavy atom. The van der Waals surface area contributed by atoms with E-state index in [1.54, 1.807) is 12.3 Å². The number of H-pyrrole nitrogens is 1. The van der Waals surface area contributed by atoms with Crippen LogP contribution >= 0.6 is 0 Å². The van der Waals surface area contributed by atoms with Gasteiger partial charge in [0.05, 0.1) is 6.20 Å². The van der Waals surface area contributed by atoms with Crippen molar-refractivity contribution in [1.82, 2.24) is 16.3 Å². The van der Waals surface area contributed by atoms with Gasteiger partial charge in [-0.15, -0.1) is 0 Å². The van der Waals surface area contributed by atoms with E-state index in [-0.39, 0.29) is 6.15 Å². The van der Waals surface area contributed by atoms with Crippen LogP contribution in [0.15, 0.2) is 24.5 Å². The fourth-order valence-electron chi connectivity index (χ4n) is 0.782. The fourth-order valence-corrected chi connectivity index (χ4v) is 0.782. The van der Waals surface area contributed by atoms with E-state index in [9.17, 15) is 0 Å². The van der Waals surface area contributed by atoms with Crippen LogP contribution < -0.4 is 11.5 Å². The number of rotatable bonds is 3. The van der Waals surface area contributed by atoms with E-state index >= 15 is 0 Å². The summed E-state index contributed by atoms with van der Waals surface area (Å²) in [5, 5.41) is 9.81. The molecule has 1 aromatic rings. The van der Waals surface area contributed by atoms with Crippen molar-refractivity contribution in [3.63, 3.8) is 0 Å². The minimum Gasteiger partial charge on any atom is -0.347 e. The Labute approximate surface area is 78.3 Å². The molecule has 1 heterocycles. The van der Waals surface area contributed by atoms with Crippen LogP contribution in [0.1, 0.15) is 19.4 Å². The average Bonchev–Trinajstić information content (AvgIpc) is 2.47. The highest BCUT2D eigenvalue weighted by molar-refractivity contribution is 5.61. The second-order valence-corrected chi connectivity index (χ2v) is 2.77. The third-order valence-corrected chi connectivity index (χ3v) is 1.39. The van der Waals surface area contributed by atoms with Crippen LogP contribution in [0, 0.1) is 0 Å². The van der Waals surface area contributed by atoms with E-state index in [1.165, 1.54) is 5.57 Å². The van der Waals surface area contributed by atoms with E-state index < -0.39 is 0 Å². The zero-order chi connectivity index (χ0) is 8.97. The molecular formula is C9H16N4. The number of nitrogens with one attached hydrogen (secondary N) is 2. The third kappa shape index (κ3) is 3.13. The molecule has 0 unspecified atom stereocenters. The quantitative estimate of drug-likeness (QED) is 0.669. The first-order valence-electron chi connectivity index (χ1n) is 3.79. The van der Waals surface area contributed by atoms with Crippen molar-refractivity contribution in [3.8, 4) is 0 Å². The van der Waals surface area contributed by atoms with Gasteiger partial charge < -0.3 is 11.5 Å². The Hall–Kier alpha value is -1.55. The normalized spacial score (nSPS) is 8.46. The van der Waals surface area contributed by atoms with Gasteiger partial charge in [-0.25, -0.2) is 0 Å². The molecule has 0 aliphatic carbocycles. The van der Waals surface area contributed by atoms with Gasteiger partial charge in [-0.3, -0.25) is 5.10 Å². The summed E-state index contributed by atoms with van der Waals surface area (Å²) in [4.78, 5) is 0. The second kappa shape index (κ2) is 5.16. The zero-order valence-electron chi connectivity index (χ0n) is 8.09. The number of hydrogen-bond acceptors (Lipinski definition) is 3. The van der Waals surface area contributed by atoms with Crippen LogP contribution in [-0.4, -0.2) is 10.2 Å². The van der Waals surface area contributed by atoms with Crippen molar-refractivity contribution < 1.29 is 0 Å². The van der Waals surface area contributed by atoms with Gasteiger partial charge in [0.2, 0.25) is 0 Å². The molecule has 0 aliphatic rings. The molecule has 4 nitrogen and oxygen atoms in total. The first-order valence-corrected chi connectivity index (χ1v) is 3.79. The van der Waals surface area contributed by atoms with Gasteiger partial charge >= 0.3 is 0 Å². The predicted molar refractivity (Wildman–Crippen MR) is 56.8 cm³/mol. The minimum atomic E-state index is 0. The Kier molecular flexibility index (Phi) is 4.54. The van der Waals surface area contributed by atoms with Gasteiger partial charge in [0.25, 0.3) is 0 Å². The molecule has 0 bridgehead atoms. The minimum absolute atomic E-state index is 0. The topological polar surface area (TPSA) is 75.7 Å². The van der Waals surface area contributed by atoms with Crippen molar-refractivity contribution in [3.05, 3.63) is 30.1 Å². The molecule has 0 saturated carbocycles. The summed E-state index contributed by atoms with van der Waals surface area (Å²) in [6.45, 7) is 7.72. The molecule has 1 aromatic heterocycles. The SMILES string of the molecule is C=Cc1cn[nH]c1NC=C(C)C.N. The maximum atomic E-state index is 3.88. The van der Waals surface area contributed by atoms with Crippen LogP contribution in [0.3, 0.4) is 0 Å². The number of aromatic nitrogens is 2. The van der Waals surface area contributed by atoms with Gasteiger partial charge in [0, 0.05) is 11.8 Å². The van der Waals surface area contributed by atoms with Crippen molar-refractivity contribution in [2.24, 2.45) is 0 Å². The summed E-state index contributed by atoms with van der Waals surface area (Å²) in [6, 6.07) is 0. The summed E-state index contributed by atoms with van der Waals surface area (Å²) in [5.74, 6) is 0.881. The molecule has 0 amide bonds. The molecule has 0 fully saturated rings. The van der Waals surface area contributed by atoms with Gasteiger partial charge in [-0.2, -0.15) is 5.10 Å². The predicted octanol–water partition coefficient (Wildman–Crippen LogP) is 2.55. The number of anilines is 1. The van der Waals surface area contributed by atoms with Crippen LogP contribution in [0.2, 0.25) is 0 Å². The molecule has 0 saturated heterocycles. The van der Waals surface area contributed by atoms with E-state index in [4.69, 9.17) is 0 Å². The van der Waals surface area contributed by atoms with Crippen LogP contribution in [0.5, 0.6) is 0 Å². The smallest absolute Gasteiger partial charge is 0.132 e. The molecule has 0 radical (unpaired) electrons. The van der Waals surface area contributed by atoms with Crippen LogP contribution in [0.25, 0.3) is 6.08 Å². The van der Waals surface area contributed by atoms with Crippen LogP contribution in [0.4, 0.5) is 5.82 Å². The maximum absolute atomic E-state index is 3.88. The molecule has 4 heteroatoms. The average molecular weight is 180 g/mol. The lowest BCUT2D eigenvalue weighted by atomic mass is 10.3. The highest BCUT2D eigenvalue weighted by Gasteiger charge is 1.96. The summed E-state index contributed by atoms with van der Waals surface area (Å²) in [7, 11) is 0. The molecule has 0 aliphatic heterocycles. The zero-order valence-corrected chi connectivity index (χ0v) is 8.09. The lowest BCUT2D eigenvalue weighted by Gasteiger charge is -1.98. The molecule has 0 atom stereocenters. The molecule has 1 rings (SSSR count). The summed E-state index contributed by atoms with van der Waals surface area (Å²) >= 11 is 0. The van der Waals surface area contributed by atoms with Gasteiger partial charge in [0.1, 0.15) is 5.82 Å². The lowest BCUT2D eigenvalue weighted by Crippen LogP contribution is -1.90. The van der Waals surface area contributed by atoms with Crippen molar-refractivity contribution >= 4 is 11.9 Å². The largest absolute Gasteiger partial charge is 0.347 e. The summed E-state index contributed by atoms with van der Waals surface area (Å²) in [5.41, 5.74) is 2.19. The summed E-state index contributed by atoms with van der Waals surface area (Å²) < 4.78 is 0. The molecule has 0 spiro atoms. The van der Waals surface area contributed by atoms with E-state index in [1.807, 2.05) is 20.0 Å². The fraction of sp³-hybridized carbons (Fsp3) is 0.222. The van der Waals surface area contributed by atoms with Crippen molar-refractivity contribution in [1.29, 1.82) is 0 Å². The highest BCUT2D eigenvalue weighted by atomic mass is 15.2. The third-order valence-electron chi connectivity index (χ3n) is 1.39. The van der Waals surface area contributed by atoms with Gasteiger partial charge in [0.15, 0.2) is 0 Å². The number of nitrogens with zero attached hydrogens (tertiary/aromatic N) is 1. The molecular weight excluding hydrogens is 164 g/mol. The summed E-state index contributed by atoms with van der Waals surface area (Å²) in [6.07, 6.45) is 5.40. The monoisotopic (exact) mass is 180 g/mol. The Morgan fingerprint density at radius 1 is 1.62 bits per heavy atom. The van der Waals surface area contributed by atoms with Crippen molar-refractivity contribution in [2.45, 2.75) is 13.8 Å². The van der Waals surface area contributed by atoms with Gasteiger partial charge in [-0.05, 0) is 13.8 Å². The molecule has 72 valence electrons. The first-order chi connectivity index (χ1) is 5.74. The number of aromatic amines is 1. The Morgan fingerprint density at radius 3 is 2.85 bits per heavy atom. The second-order valence-electron chi connectivity index (χ2n) is 2.77. The molecule has 5 N–H and O–H groups in total. The standard InChI is InChI=1S/C9H13N3.H3N/c1-4-8-6-11-12-9(8)10-5-7(2)3;/h4-6H,1H2,2-3H3,(H2,10,11,12);1H3. The Bertz CT molecular complexity index is 294. The number of allylic oxidation sites excluding steroid dienone is 1. The van der Waals surface area contributed by atoms with Gasteiger partial charge in [-0.1, -0.05) is 18.2 Å². The first kappa shape index (κ1) is 11.4. The highest BCUT2D eigenvalue weighted by Crippen LogP contribution is 2.11. The Balaban J connectivity index is 0.00000144. The number of hydrogen-bond donors (Lipinski definition) is 3. The lowest BCUT2D eigenvalue weighted by molar-refractivity contribution is 1.09. The van der Waals surface area contributed by atoms with Crippen molar-refractivity contribution in [2.75, 3.05) is 5.32 Å². The van der Waals surface area contributed by atoms with E-state index in [0.717, 1.165) is 11.4 Å². The molecule has 13 heavy (non-hydrogen) atoms. The molecule has 0 aromatic carbocycles. The maximum Gasteiger partial charge on any atom is 0.132 e. The van der Waals surface area contributed by atoms with Crippen LogP contribution in [-0.2, 0) is 0 Å².